The van der Waals surface area contributed by atoms with Crippen LogP contribution in [-0.2, 0) is 9.59 Å². The Labute approximate surface area is 115 Å². The van der Waals surface area contributed by atoms with Crippen LogP contribution < -0.4 is 10.6 Å². The summed E-state index contributed by atoms with van der Waals surface area (Å²) in [6.07, 6.45) is 3.70. The first-order valence-corrected chi connectivity index (χ1v) is 7.49. The second kappa shape index (κ2) is 6.89. The number of nitrogens with zero attached hydrogens (tertiary/aromatic N) is 1. The molecule has 5 heteroatoms. The van der Waals surface area contributed by atoms with Gasteiger partial charge in [-0.25, -0.2) is 0 Å². The minimum absolute atomic E-state index is 0.0912. The van der Waals surface area contributed by atoms with Gasteiger partial charge in [-0.1, -0.05) is 0 Å². The van der Waals surface area contributed by atoms with Crippen molar-refractivity contribution in [2.24, 2.45) is 11.8 Å². The van der Waals surface area contributed by atoms with Crippen molar-refractivity contribution in [3.05, 3.63) is 0 Å². The number of likely N-dealkylation sites (tertiary alicyclic amines) is 1. The van der Waals surface area contributed by atoms with Gasteiger partial charge >= 0.3 is 0 Å². The number of nitrogens with one attached hydrogen (secondary N) is 2. The summed E-state index contributed by atoms with van der Waals surface area (Å²) in [4.78, 5) is 26.0. The highest BCUT2D eigenvalue weighted by atomic mass is 16.2. The summed E-state index contributed by atoms with van der Waals surface area (Å²) in [5, 5.41) is 6.16. The van der Waals surface area contributed by atoms with E-state index in [9.17, 15) is 9.59 Å². The topological polar surface area (TPSA) is 61.4 Å². The second-order valence-corrected chi connectivity index (χ2v) is 5.54. The van der Waals surface area contributed by atoms with Crippen LogP contribution in [0.15, 0.2) is 0 Å². The summed E-state index contributed by atoms with van der Waals surface area (Å²) >= 11 is 0. The third-order valence-corrected chi connectivity index (χ3v) is 4.17. The van der Waals surface area contributed by atoms with Crippen molar-refractivity contribution < 1.29 is 9.59 Å². The molecule has 2 heterocycles. The third-order valence-electron chi connectivity index (χ3n) is 4.17. The summed E-state index contributed by atoms with van der Waals surface area (Å²) in [7, 11) is 0. The molecule has 2 N–H and O–H groups in total. The Balaban J connectivity index is 1.79. The van der Waals surface area contributed by atoms with Gasteiger partial charge in [-0.05, 0) is 39.2 Å². The Morgan fingerprint density at radius 1 is 1.21 bits per heavy atom. The number of rotatable bonds is 3. The van der Waals surface area contributed by atoms with Gasteiger partial charge in [-0.2, -0.15) is 0 Å². The molecule has 2 fully saturated rings. The molecule has 0 saturated carbocycles. The maximum Gasteiger partial charge on any atom is 0.226 e. The summed E-state index contributed by atoms with van der Waals surface area (Å²) in [5.41, 5.74) is 0. The highest BCUT2D eigenvalue weighted by Gasteiger charge is 2.30. The van der Waals surface area contributed by atoms with Crippen LogP contribution in [0.1, 0.15) is 32.6 Å². The first kappa shape index (κ1) is 14.3. The number of piperidine rings is 2. The molecule has 0 aromatic heterocycles. The lowest BCUT2D eigenvalue weighted by atomic mass is 9.93. The van der Waals surface area contributed by atoms with Crippen molar-refractivity contribution in [2.75, 3.05) is 32.7 Å². The van der Waals surface area contributed by atoms with E-state index in [1.54, 1.807) is 0 Å². The fourth-order valence-electron chi connectivity index (χ4n) is 3.00. The molecule has 2 aliphatic rings. The Bertz CT molecular complexity index is 319. The molecule has 2 saturated heterocycles. The Kier molecular flexibility index (Phi) is 5.19. The van der Waals surface area contributed by atoms with Crippen LogP contribution in [-0.4, -0.2) is 49.4 Å². The number of hydrogen-bond acceptors (Lipinski definition) is 3. The van der Waals surface area contributed by atoms with E-state index in [4.69, 9.17) is 0 Å². The molecule has 0 unspecified atom stereocenters. The van der Waals surface area contributed by atoms with Crippen molar-refractivity contribution in [3.63, 3.8) is 0 Å². The number of hydrogen-bond donors (Lipinski definition) is 2. The molecular weight excluding hydrogens is 242 g/mol. The van der Waals surface area contributed by atoms with E-state index in [1.165, 1.54) is 0 Å². The molecule has 19 heavy (non-hydrogen) atoms. The fourth-order valence-corrected chi connectivity index (χ4v) is 3.00. The van der Waals surface area contributed by atoms with Gasteiger partial charge in [-0.3, -0.25) is 9.59 Å². The summed E-state index contributed by atoms with van der Waals surface area (Å²) in [6.45, 7) is 5.94. The van der Waals surface area contributed by atoms with Crippen LogP contribution in [0.2, 0.25) is 0 Å². The van der Waals surface area contributed by atoms with Gasteiger partial charge in [0.2, 0.25) is 11.8 Å². The highest BCUT2D eigenvalue weighted by molar-refractivity contribution is 5.81. The van der Waals surface area contributed by atoms with E-state index in [1.807, 2.05) is 11.8 Å². The average Bonchev–Trinajstić information content (AvgIpc) is 2.48. The molecule has 0 aromatic carbocycles. The Morgan fingerprint density at radius 3 is 2.53 bits per heavy atom. The minimum Gasteiger partial charge on any atom is -0.356 e. The van der Waals surface area contributed by atoms with Crippen LogP contribution in [0, 0.1) is 11.8 Å². The largest absolute Gasteiger partial charge is 0.356 e. The van der Waals surface area contributed by atoms with Crippen molar-refractivity contribution in [3.8, 4) is 0 Å². The Hall–Kier alpha value is -1.10. The molecule has 0 bridgehead atoms. The van der Waals surface area contributed by atoms with Gasteiger partial charge in [0.25, 0.3) is 0 Å². The first-order chi connectivity index (χ1) is 9.22. The standard InChI is InChI=1S/C14H25N3O2/c1-2-16-13(18)11-5-8-17(9-6-11)14(19)12-4-3-7-15-10-12/h11-12,15H,2-10H2,1H3,(H,16,18)/t12-/m0/s1. The number of carbonyl (C=O) groups is 2. The van der Waals surface area contributed by atoms with Crippen molar-refractivity contribution >= 4 is 11.8 Å². The molecule has 1 atom stereocenters. The molecule has 2 rings (SSSR count). The van der Waals surface area contributed by atoms with Crippen LogP contribution >= 0.6 is 0 Å². The van der Waals surface area contributed by atoms with Crippen molar-refractivity contribution in [1.82, 2.24) is 15.5 Å². The van der Waals surface area contributed by atoms with Crippen LogP contribution in [0.3, 0.4) is 0 Å². The lowest BCUT2D eigenvalue weighted by Crippen LogP contribution is -2.47. The molecule has 0 aliphatic carbocycles. The van der Waals surface area contributed by atoms with Gasteiger partial charge in [0.1, 0.15) is 0 Å². The van der Waals surface area contributed by atoms with E-state index < -0.39 is 0 Å². The summed E-state index contributed by atoms with van der Waals surface area (Å²) in [6, 6.07) is 0. The predicted molar refractivity (Wildman–Crippen MR) is 73.6 cm³/mol. The van der Waals surface area contributed by atoms with E-state index in [-0.39, 0.29) is 23.7 Å². The van der Waals surface area contributed by atoms with Crippen molar-refractivity contribution in [2.45, 2.75) is 32.6 Å². The minimum atomic E-state index is 0.0912. The molecule has 0 spiro atoms. The molecule has 0 radical (unpaired) electrons. The molecule has 0 aromatic rings. The second-order valence-electron chi connectivity index (χ2n) is 5.54. The molecule has 2 amide bonds. The Morgan fingerprint density at radius 2 is 1.95 bits per heavy atom. The van der Waals surface area contributed by atoms with Crippen LogP contribution in [0.5, 0.6) is 0 Å². The normalized spacial score (nSPS) is 25.1. The lowest BCUT2D eigenvalue weighted by Gasteiger charge is -2.34. The SMILES string of the molecule is CCNC(=O)C1CCN(C(=O)[C@H]2CCCNC2)CC1. The highest BCUT2D eigenvalue weighted by Crippen LogP contribution is 2.21. The first-order valence-electron chi connectivity index (χ1n) is 7.49. The third kappa shape index (κ3) is 3.69. The molecular formula is C14H25N3O2. The van der Waals surface area contributed by atoms with Crippen molar-refractivity contribution in [1.29, 1.82) is 0 Å². The molecule has 5 nitrogen and oxygen atoms in total. The summed E-state index contributed by atoms with van der Waals surface area (Å²) in [5.74, 6) is 0.665. The number of amides is 2. The van der Waals surface area contributed by atoms with Gasteiger partial charge in [0.15, 0.2) is 0 Å². The maximum atomic E-state index is 12.3. The average molecular weight is 267 g/mol. The van der Waals surface area contributed by atoms with E-state index in [2.05, 4.69) is 10.6 Å². The molecule has 2 aliphatic heterocycles. The molecule has 108 valence electrons. The van der Waals surface area contributed by atoms with E-state index in [0.29, 0.717) is 6.54 Å². The fraction of sp³-hybridized carbons (Fsp3) is 0.857. The van der Waals surface area contributed by atoms with Gasteiger partial charge in [0, 0.05) is 32.1 Å². The predicted octanol–water partition coefficient (Wildman–Crippen LogP) is 0.361. The van der Waals surface area contributed by atoms with Crippen LogP contribution in [0.25, 0.3) is 0 Å². The van der Waals surface area contributed by atoms with E-state index >= 15 is 0 Å². The summed E-state index contributed by atoms with van der Waals surface area (Å²) < 4.78 is 0. The van der Waals surface area contributed by atoms with Crippen LogP contribution in [0.4, 0.5) is 0 Å². The number of carbonyl (C=O) groups excluding carboxylic acids is 2. The van der Waals surface area contributed by atoms with Gasteiger partial charge < -0.3 is 15.5 Å². The smallest absolute Gasteiger partial charge is 0.226 e. The van der Waals surface area contributed by atoms with Gasteiger partial charge in [-0.15, -0.1) is 0 Å². The zero-order valence-electron chi connectivity index (χ0n) is 11.8. The van der Waals surface area contributed by atoms with E-state index in [0.717, 1.165) is 51.9 Å². The zero-order chi connectivity index (χ0) is 13.7. The maximum absolute atomic E-state index is 12.3. The zero-order valence-corrected chi connectivity index (χ0v) is 11.8. The van der Waals surface area contributed by atoms with Gasteiger partial charge in [0.05, 0.1) is 5.92 Å². The lowest BCUT2D eigenvalue weighted by molar-refractivity contribution is -0.139. The quantitative estimate of drug-likeness (QED) is 0.776. The monoisotopic (exact) mass is 267 g/mol.